The van der Waals surface area contributed by atoms with Gasteiger partial charge in [-0.3, -0.25) is 0 Å². The van der Waals surface area contributed by atoms with Gasteiger partial charge in [0.15, 0.2) is 0 Å². The zero-order valence-corrected chi connectivity index (χ0v) is 9.87. The molecule has 1 heterocycles. The number of unbranched alkanes of at least 4 members (excludes halogenated alkanes) is 1. The van der Waals surface area contributed by atoms with Crippen molar-refractivity contribution in [1.29, 1.82) is 0 Å². The number of rotatable bonds is 5. The van der Waals surface area contributed by atoms with Crippen molar-refractivity contribution in [2.45, 2.75) is 39.5 Å². The van der Waals surface area contributed by atoms with Gasteiger partial charge in [-0.05, 0) is 37.8 Å². The molecule has 1 saturated heterocycles. The molecule has 0 radical (unpaired) electrons. The number of amidine groups is 1. The molecule has 0 amide bonds. The third-order valence-electron chi connectivity index (χ3n) is 3.04. The van der Waals surface area contributed by atoms with Crippen LogP contribution in [0.25, 0.3) is 0 Å². The molecule has 0 aromatic heterocycles. The standard InChI is InChI=1S/C11H23N3O/c1-11(2)6-8-14(9-11)7-4-3-5-10(12)13-15/h15H,3-9H2,1-2H3,(H2,12,13). The number of likely N-dealkylation sites (tertiary alicyclic amines) is 1. The van der Waals surface area contributed by atoms with E-state index in [0.717, 1.165) is 19.4 Å². The van der Waals surface area contributed by atoms with Gasteiger partial charge in [0.05, 0.1) is 0 Å². The second kappa shape index (κ2) is 5.35. The molecule has 4 nitrogen and oxygen atoms in total. The second-order valence-electron chi connectivity index (χ2n) is 5.24. The van der Waals surface area contributed by atoms with Crippen LogP contribution in [0.5, 0.6) is 0 Å². The average Bonchev–Trinajstić information content (AvgIpc) is 2.52. The second-order valence-corrected chi connectivity index (χ2v) is 5.24. The molecule has 88 valence electrons. The Morgan fingerprint density at radius 1 is 1.47 bits per heavy atom. The van der Waals surface area contributed by atoms with Crippen LogP contribution in [0.3, 0.4) is 0 Å². The topological polar surface area (TPSA) is 61.8 Å². The first-order valence-electron chi connectivity index (χ1n) is 5.72. The molecule has 0 bridgehead atoms. The number of hydrogen-bond acceptors (Lipinski definition) is 3. The first kappa shape index (κ1) is 12.3. The predicted molar refractivity (Wildman–Crippen MR) is 62.1 cm³/mol. The summed E-state index contributed by atoms with van der Waals surface area (Å²) >= 11 is 0. The third-order valence-corrected chi connectivity index (χ3v) is 3.04. The minimum atomic E-state index is 0.344. The predicted octanol–water partition coefficient (Wildman–Crippen LogP) is 1.63. The Morgan fingerprint density at radius 3 is 2.73 bits per heavy atom. The Hall–Kier alpha value is -0.770. The molecule has 0 aromatic rings. The molecule has 0 unspecified atom stereocenters. The van der Waals surface area contributed by atoms with E-state index in [9.17, 15) is 0 Å². The van der Waals surface area contributed by atoms with Crippen molar-refractivity contribution in [3.05, 3.63) is 0 Å². The maximum atomic E-state index is 8.37. The maximum Gasteiger partial charge on any atom is 0.139 e. The van der Waals surface area contributed by atoms with Crippen molar-refractivity contribution in [1.82, 2.24) is 4.90 Å². The van der Waals surface area contributed by atoms with Gasteiger partial charge in [-0.2, -0.15) is 0 Å². The lowest BCUT2D eigenvalue weighted by molar-refractivity contribution is 0.286. The van der Waals surface area contributed by atoms with Crippen molar-refractivity contribution >= 4 is 5.84 Å². The zero-order chi connectivity index (χ0) is 11.3. The maximum absolute atomic E-state index is 8.37. The fourth-order valence-electron chi connectivity index (χ4n) is 2.11. The van der Waals surface area contributed by atoms with E-state index in [0.29, 0.717) is 17.7 Å². The van der Waals surface area contributed by atoms with E-state index in [-0.39, 0.29) is 0 Å². The van der Waals surface area contributed by atoms with Crippen LogP contribution < -0.4 is 5.73 Å². The fraction of sp³-hybridized carbons (Fsp3) is 0.909. The lowest BCUT2D eigenvalue weighted by Crippen LogP contribution is -2.24. The Balaban J connectivity index is 2.07. The molecule has 1 aliphatic heterocycles. The fourth-order valence-corrected chi connectivity index (χ4v) is 2.11. The van der Waals surface area contributed by atoms with Crippen LogP contribution in [0.1, 0.15) is 39.5 Å². The van der Waals surface area contributed by atoms with E-state index < -0.39 is 0 Å². The van der Waals surface area contributed by atoms with Crippen LogP contribution in [0, 0.1) is 5.41 Å². The van der Waals surface area contributed by atoms with Crippen molar-refractivity contribution in [2.24, 2.45) is 16.3 Å². The van der Waals surface area contributed by atoms with E-state index in [1.165, 1.54) is 19.5 Å². The Labute approximate surface area is 92.1 Å². The highest BCUT2D eigenvalue weighted by molar-refractivity contribution is 5.79. The molecule has 15 heavy (non-hydrogen) atoms. The summed E-state index contributed by atoms with van der Waals surface area (Å²) in [6, 6.07) is 0. The Kier molecular flexibility index (Phi) is 4.39. The SMILES string of the molecule is CC1(C)CCN(CCCCC(N)=NO)C1. The molecule has 0 aliphatic carbocycles. The minimum absolute atomic E-state index is 0.344. The molecule has 3 N–H and O–H groups in total. The lowest BCUT2D eigenvalue weighted by atomic mass is 9.93. The normalized spacial score (nSPS) is 22.1. The summed E-state index contributed by atoms with van der Waals surface area (Å²) in [5.74, 6) is 0.344. The van der Waals surface area contributed by atoms with Gasteiger partial charge in [-0.1, -0.05) is 19.0 Å². The molecule has 0 spiro atoms. The largest absolute Gasteiger partial charge is 0.409 e. The van der Waals surface area contributed by atoms with Crippen LogP contribution in [0.4, 0.5) is 0 Å². The summed E-state index contributed by atoms with van der Waals surface area (Å²) in [4.78, 5) is 2.51. The minimum Gasteiger partial charge on any atom is -0.409 e. The summed E-state index contributed by atoms with van der Waals surface area (Å²) < 4.78 is 0. The summed E-state index contributed by atoms with van der Waals surface area (Å²) in [7, 11) is 0. The highest BCUT2D eigenvalue weighted by atomic mass is 16.4. The van der Waals surface area contributed by atoms with Crippen LogP contribution >= 0.6 is 0 Å². The number of nitrogens with two attached hydrogens (primary N) is 1. The zero-order valence-electron chi connectivity index (χ0n) is 9.87. The van der Waals surface area contributed by atoms with E-state index in [2.05, 4.69) is 23.9 Å². The van der Waals surface area contributed by atoms with Gasteiger partial charge in [0, 0.05) is 13.0 Å². The molecule has 0 aromatic carbocycles. The molecular formula is C11H23N3O. The summed E-state index contributed by atoms with van der Waals surface area (Å²) in [5.41, 5.74) is 5.89. The van der Waals surface area contributed by atoms with Crippen molar-refractivity contribution in [2.75, 3.05) is 19.6 Å². The van der Waals surface area contributed by atoms with Crippen LogP contribution in [-0.4, -0.2) is 35.6 Å². The van der Waals surface area contributed by atoms with Crippen molar-refractivity contribution in [3.8, 4) is 0 Å². The lowest BCUT2D eigenvalue weighted by Gasteiger charge is -2.19. The van der Waals surface area contributed by atoms with Crippen LogP contribution in [0.15, 0.2) is 5.16 Å². The third kappa shape index (κ3) is 4.51. The van der Waals surface area contributed by atoms with E-state index in [1.54, 1.807) is 0 Å². The summed E-state index contributed by atoms with van der Waals surface area (Å²) in [6.07, 6.45) is 4.14. The molecular weight excluding hydrogens is 190 g/mol. The number of hydrogen-bond donors (Lipinski definition) is 2. The van der Waals surface area contributed by atoms with Crippen LogP contribution in [0.2, 0.25) is 0 Å². The van der Waals surface area contributed by atoms with Crippen molar-refractivity contribution < 1.29 is 5.21 Å². The van der Waals surface area contributed by atoms with E-state index in [4.69, 9.17) is 10.9 Å². The molecule has 0 atom stereocenters. The Morgan fingerprint density at radius 2 is 2.20 bits per heavy atom. The molecule has 1 fully saturated rings. The molecule has 1 rings (SSSR count). The van der Waals surface area contributed by atoms with E-state index >= 15 is 0 Å². The van der Waals surface area contributed by atoms with Gasteiger partial charge >= 0.3 is 0 Å². The monoisotopic (exact) mass is 213 g/mol. The van der Waals surface area contributed by atoms with Gasteiger partial charge in [0.25, 0.3) is 0 Å². The van der Waals surface area contributed by atoms with Gasteiger partial charge in [-0.25, -0.2) is 0 Å². The molecule has 1 aliphatic rings. The van der Waals surface area contributed by atoms with Gasteiger partial charge in [0.2, 0.25) is 0 Å². The number of nitrogens with zero attached hydrogens (tertiary/aromatic N) is 2. The summed E-state index contributed by atoms with van der Waals surface area (Å²) in [5, 5.41) is 11.3. The van der Waals surface area contributed by atoms with Gasteiger partial charge < -0.3 is 15.8 Å². The van der Waals surface area contributed by atoms with E-state index in [1.807, 2.05) is 0 Å². The Bertz CT molecular complexity index is 226. The smallest absolute Gasteiger partial charge is 0.139 e. The first-order valence-corrected chi connectivity index (χ1v) is 5.72. The first-order chi connectivity index (χ1) is 7.03. The molecule has 4 heteroatoms. The number of oxime groups is 1. The average molecular weight is 213 g/mol. The highest BCUT2D eigenvalue weighted by Crippen LogP contribution is 2.28. The van der Waals surface area contributed by atoms with Gasteiger partial charge in [-0.15, -0.1) is 0 Å². The van der Waals surface area contributed by atoms with Gasteiger partial charge in [0.1, 0.15) is 5.84 Å². The quantitative estimate of drug-likeness (QED) is 0.240. The molecule has 0 saturated carbocycles. The van der Waals surface area contributed by atoms with Crippen LogP contribution in [-0.2, 0) is 0 Å². The highest BCUT2D eigenvalue weighted by Gasteiger charge is 2.28. The summed E-state index contributed by atoms with van der Waals surface area (Å²) in [6.45, 7) is 8.21. The van der Waals surface area contributed by atoms with Crippen molar-refractivity contribution in [3.63, 3.8) is 0 Å².